The van der Waals surface area contributed by atoms with E-state index >= 15 is 0 Å². The van der Waals surface area contributed by atoms with E-state index in [2.05, 4.69) is 23.5 Å². The average Bonchev–Trinajstić information content (AvgIpc) is 2.90. The van der Waals surface area contributed by atoms with Crippen molar-refractivity contribution in [3.63, 3.8) is 0 Å². The number of hydrogen-bond acceptors (Lipinski definition) is 2. The van der Waals surface area contributed by atoms with Gasteiger partial charge in [-0.15, -0.1) is 0 Å². The van der Waals surface area contributed by atoms with Crippen LogP contribution >= 0.6 is 23.2 Å². The van der Waals surface area contributed by atoms with Crippen LogP contribution in [0.4, 0.5) is 5.69 Å². The molecule has 4 heteroatoms. The third-order valence-electron chi connectivity index (χ3n) is 3.45. The van der Waals surface area contributed by atoms with Gasteiger partial charge in [0, 0.05) is 23.9 Å². The molecule has 0 bridgehead atoms. The van der Waals surface area contributed by atoms with E-state index in [0.29, 0.717) is 22.4 Å². The van der Waals surface area contributed by atoms with Crippen LogP contribution in [-0.2, 0) is 6.42 Å². The number of anilines is 1. The Bertz CT molecular complexity index is 655. The Morgan fingerprint density at radius 2 is 2.00 bits per heavy atom. The molecule has 0 aliphatic carbocycles. The molecule has 0 amide bonds. The topological polar surface area (TPSA) is 21.3 Å². The lowest BCUT2D eigenvalue weighted by molar-refractivity contribution is 0.340. The van der Waals surface area contributed by atoms with Crippen LogP contribution in [-0.4, -0.2) is 13.2 Å². The number of nitrogens with one attached hydrogen (secondary N) is 1. The molecule has 0 saturated heterocycles. The number of rotatable bonds is 3. The third-order valence-corrected chi connectivity index (χ3v) is 4.06. The number of hydrogen-bond donors (Lipinski definition) is 1. The van der Waals surface area contributed by atoms with Gasteiger partial charge in [-0.1, -0.05) is 29.3 Å². The van der Waals surface area contributed by atoms with Crippen molar-refractivity contribution in [3.8, 4) is 16.9 Å². The Labute approximate surface area is 128 Å². The van der Waals surface area contributed by atoms with Gasteiger partial charge in [0.05, 0.1) is 16.7 Å². The highest BCUT2D eigenvalue weighted by Crippen LogP contribution is 2.38. The molecule has 20 heavy (non-hydrogen) atoms. The molecule has 2 nitrogen and oxygen atoms in total. The van der Waals surface area contributed by atoms with E-state index in [1.165, 1.54) is 11.3 Å². The van der Waals surface area contributed by atoms with Crippen LogP contribution in [0.5, 0.6) is 5.75 Å². The van der Waals surface area contributed by atoms with Gasteiger partial charge in [-0.25, -0.2) is 0 Å². The van der Waals surface area contributed by atoms with Gasteiger partial charge in [0.2, 0.25) is 0 Å². The second-order valence-corrected chi connectivity index (χ2v) is 5.56. The van der Waals surface area contributed by atoms with Gasteiger partial charge in [0.25, 0.3) is 0 Å². The van der Waals surface area contributed by atoms with Crippen molar-refractivity contribution < 1.29 is 4.74 Å². The predicted molar refractivity (Wildman–Crippen MR) is 85.3 cm³/mol. The van der Waals surface area contributed by atoms with Gasteiger partial charge in [0.1, 0.15) is 5.75 Å². The highest BCUT2D eigenvalue weighted by atomic mass is 35.5. The van der Waals surface area contributed by atoms with Gasteiger partial charge in [-0.05, 0) is 42.7 Å². The van der Waals surface area contributed by atoms with E-state index in [-0.39, 0.29) is 0 Å². The smallest absolute Gasteiger partial charge is 0.139 e. The van der Waals surface area contributed by atoms with Crippen molar-refractivity contribution in [1.29, 1.82) is 0 Å². The third kappa shape index (κ3) is 2.46. The van der Waals surface area contributed by atoms with E-state index in [1.807, 2.05) is 13.0 Å². The zero-order valence-electron chi connectivity index (χ0n) is 11.2. The van der Waals surface area contributed by atoms with E-state index in [9.17, 15) is 0 Å². The van der Waals surface area contributed by atoms with Crippen molar-refractivity contribution in [2.45, 2.75) is 13.3 Å². The quantitative estimate of drug-likeness (QED) is 0.859. The Hall–Kier alpha value is -1.38. The zero-order chi connectivity index (χ0) is 14.1. The van der Waals surface area contributed by atoms with Crippen LogP contribution < -0.4 is 10.1 Å². The van der Waals surface area contributed by atoms with Gasteiger partial charge in [-0.3, -0.25) is 0 Å². The van der Waals surface area contributed by atoms with Crippen LogP contribution in [0.1, 0.15) is 12.5 Å². The minimum Gasteiger partial charge on any atom is -0.492 e. The van der Waals surface area contributed by atoms with Crippen LogP contribution in [0, 0.1) is 0 Å². The fraction of sp³-hybridized carbons (Fsp3) is 0.250. The second-order valence-electron chi connectivity index (χ2n) is 4.74. The molecule has 3 rings (SSSR count). The lowest BCUT2D eigenvalue weighted by Crippen LogP contribution is -1.93. The summed E-state index contributed by atoms with van der Waals surface area (Å²) >= 11 is 12.6. The molecule has 0 atom stereocenters. The molecule has 2 aromatic carbocycles. The van der Waals surface area contributed by atoms with E-state index in [1.54, 1.807) is 6.07 Å². The van der Waals surface area contributed by atoms with Crippen molar-refractivity contribution in [2.75, 3.05) is 18.5 Å². The molecule has 0 aromatic heterocycles. The van der Waals surface area contributed by atoms with Crippen molar-refractivity contribution >= 4 is 28.9 Å². The van der Waals surface area contributed by atoms with Crippen molar-refractivity contribution in [3.05, 3.63) is 45.9 Å². The van der Waals surface area contributed by atoms with Gasteiger partial charge in [-0.2, -0.15) is 0 Å². The highest BCUT2D eigenvalue weighted by molar-refractivity contribution is 6.36. The Balaban J connectivity index is 2.04. The molecule has 2 aromatic rings. The summed E-state index contributed by atoms with van der Waals surface area (Å²) in [7, 11) is 0. The van der Waals surface area contributed by atoms with Crippen LogP contribution in [0.2, 0.25) is 10.0 Å². The maximum atomic E-state index is 6.37. The fourth-order valence-electron chi connectivity index (χ4n) is 2.49. The summed E-state index contributed by atoms with van der Waals surface area (Å²) in [6.07, 6.45) is 1.05. The van der Waals surface area contributed by atoms with Gasteiger partial charge >= 0.3 is 0 Å². The van der Waals surface area contributed by atoms with E-state index in [4.69, 9.17) is 27.9 Å². The summed E-state index contributed by atoms with van der Waals surface area (Å²) in [5.41, 5.74) is 4.56. The Morgan fingerprint density at radius 3 is 2.80 bits per heavy atom. The molecule has 1 N–H and O–H groups in total. The van der Waals surface area contributed by atoms with E-state index in [0.717, 1.165) is 24.1 Å². The number of ether oxygens (including phenoxy) is 1. The van der Waals surface area contributed by atoms with Crippen molar-refractivity contribution in [1.82, 2.24) is 0 Å². The SMILES string of the molecule is CCOc1cc(Cl)c(-c2ccc3c(c2)CCN3)cc1Cl. The molecule has 0 saturated carbocycles. The lowest BCUT2D eigenvalue weighted by atomic mass is 10.0. The molecule has 1 heterocycles. The van der Waals surface area contributed by atoms with Crippen LogP contribution in [0.15, 0.2) is 30.3 Å². The molecule has 0 unspecified atom stereocenters. The standard InChI is InChI=1S/C16H15Cl2NO/c1-2-20-16-9-13(17)12(8-14(16)18)10-3-4-15-11(7-10)5-6-19-15/h3-4,7-9,19H,2,5-6H2,1H3. The molecule has 0 fully saturated rings. The molecule has 104 valence electrons. The maximum absolute atomic E-state index is 6.37. The predicted octanol–water partition coefficient (Wildman–Crippen LogP) is 5.03. The first-order chi connectivity index (χ1) is 9.69. The average molecular weight is 308 g/mol. The molecule has 0 spiro atoms. The molecule has 1 aliphatic rings. The van der Waals surface area contributed by atoms with E-state index < -0.39 is 0 Å². The van der Waals surface area contributed by atoms with Crippen LogP contribution in [0.3, 0.4) is 0 Å². The first-order valence-corrected chi connectivity index (χ1v) is 7.43. The Morgan fingerprint density at radius 1 is 1.15 bits per heavy atom. The summed E-state index contributed by atoms with van der Waals surface area (Å²) in [5, 5.41) is 4.60. The first-order valence-electron chi connectivity index (χ1n) is 6.68. The summed E-state index contributed by atoms with van der Waals surface area (Å²) in [6, 6.07) is 9.99. The fourth-order valence-corrected chi connectivity index (χ4v) is 2.97. The number of benzene rings is 2. The maximum Gasteiger partial charge on any atom is 0.139 e. The van der Waals surface area contributed by atoms with Gasteiger partial charge < -0.3 is 10.1 Å². The number of fused-ring (bicyclic) bond motifs is 1. The monoisotopic (exact) mass is 307 g/mol. The molecular weight excluding hydrogens is 293 g/mol. The number of halogens is 2. The Kier molecular flexibility index (Phi) is 3.77. The normalized spacial score (nSPS) is 12.9. The second kappa shape index (κ2) is 5.55. The largest absolute Gasteiger partial charge is 0.492 e. The summed E-state index contributed by atoms with van der Waals surface area (Å²) in [4.78, 5) is 0. The lowest BCUT2D eigenvalue weighted by Gasteiger charge is -2.11. The summed E-state index contributed by atoms with van der Waals surface area (Å²) in [5.74, 6) is 0.630. The molecule has 0 radical (unpaired) electrons. The van der Waals surface area contributed by atoms with Gasteiger partial charge in [0.15, 0.2) is 0 Å². The minimum atomic E-state index is 0.569. The van der Waals surface area contributed by atoms with Crippen molar-refractivity contribution in [2.24, 2.45) is 0 Å². The zero-order valence-corrected chi connectivity index (χ0v) is 12.7. The first kappa shape index (κ1) is 13.6. The molecular formula is C16H15Cl2NO. The van der Waals surface area contributed by atoms with Crippen LogP contribution in [0.25, 0.3) is 11.1 Å². The summed E-state index contributed by atoms with van der Waals surface area (Å²) in [6.45, 7) is 3.49. The highest BCUT2D eigenvalue weighted by Gasteiger charge is 2.14. The minimum absolute atomic E-state index is 0.569. The summed E-state index contributed by atoms with van der Waals surface area (Å²) < 4.78 is 5.46. The molecule has 1 aliphatic heterocycles.